The lowest BCUT2D eigenvalue weighted by molar-refractivity contribution is -0.133. The third-order valence-corrected chi connectivity index (χ3v) is 8.40. The fraction of sp³-hybridized carbons (Fsp3) is 0.389. The van der Waals surface area contributed by atoms with Crippen molar-refractivity contribution >= 4 is 57.2 Å². The number of nitrogens with zero attached hydrogens (tertiary/aromatic N) is 3. The molecule has 0 radical (unpaired) electrons. The summed E-state index contributed by atoms with van der Waals surface area (Å²) in [6, 6.07) is 4.20. The van der Waals surface area contributed by atoms with Gasteiger partial charge < -0.3 is 5.32 Å². The number of nitrogens with one attached hydrogen (secondary N) is 1. The zero-order valence-corrected chi connectivity index (χ0v) is 18.7. The maximum Gasteiger partial charge on any atom is 0.244 e. The number of hydrogen-bond donors (Lipinski definition) is 1. The molecule has 0 saturated carbocycles. The number of rotatable bonds is 5. The van der Waals surface area contributed by atoms with Crippen LogP contribution in [0.5, 0.6) is 0 Å². The highest BCUT2D eigenvalue weighted by Gasteiger charge is 2.41. The van der Waals surface area contributed by atoms with Crippen LogP contribution >= 0.6 is 23.4 Å². The molecule has 2 aliphatic rings. The summed E-state index contributed by atoms with van der Waals surface area (Å²) < 4.78 is 25.8. The summed E-state index contributed by atoms with van der Waals surface area (Å²) in [5, 5.41) is 2.50. The van der Waals surface area contributed by atoms with E-state index in [9.17, 15) is 18.0 Å². The van der Waals surface area contributed by atoms with Crippen LogP contribution in [0.4, 0.5) is 5.69 Å². The maximum atomic E-state index is 12.8. The van der Waals surface area contributed by atoms with Crippen molar-refractivity contribution in [2.75, 3.05) is 26.0 Å². The van der Waals surface area contributed by atoms with Gasteiger partial charge in [-0.15, -0.1) is 11.8 Å². The zero-order valence-electron chi connectivity index (χ0n) is 16.3. The Morgan fingerprint density at radius 1 is 1.34 bits per heavy atom. The summed E-state index contributed by atoms with van der Waals surface area (Å²) >= 11 is 7.57. The molecule has 0 aliphatic carbocycles. The maximum absolute atomic E-state index is 12.8. The van der Waals surface area contributed by atoms with Crippen LogP contribution in [-0.4, -0.2) is 61.8 Å². The van der Waals surface area contributed by atoms with E-state index in [1.165, 1.54) is 43.5 Å². The van der Waals surface area contributed by atoms with Crippen molar-refractivity contribution in [2.45, 2.75) is 24.1 Å². The number of sulfonamides is 1. The number of hydrogen-bond acceptors (Lipinski definition) is 6. The Labute approximate surface area is 179 Å². The number of aliphatic imine (C=N–C) groups is 1. The van der Waals surface area contributed by atoms with Gasteiger partial charge in [-0.2, -0.15) is 0 Å². The molecule has 0 spiro atoms. The Morgan fingerprint density at radius 2 is 2.03 bits per heavy atom. The fourth-order valence-corrected chi connectivity index (χ4v) is 5.67. The molecule has 2 heterocycles. The highest BCUT2D eigenvalue weighted by atomic mass is 35.5. The normalized spacial score (nSPS) is 21.7. The van der Waals surface area contributed by atoms with E-state index in [1.54, 1.807) is 11.8 Å². The van der Waals surface area contributed by atoms with Gasteiger partial charge in [0.15, 0.2) is 0 Å². The average Bonchev–Trinajstić information content (AvgIpc) is 2.93. The van der Waals surface area contributed by atoms with Crippen molar-refractivity contribution in [3.63, 3.8) is 0 Å². The van der Waals surface area contributed by atoms with Crippen LogP contribution in [0.2, 0.25) is 5.02 Å². The molecule has 156 valence electrons. The van der Waals surface area contributed by atoms with Crippen molar-refractivity contribution in [1.82, 2.24) is 9.21 Å². The first-order valence-electron chi connectivity index (χ1n) is 8.72. The van der Waals surface area contributed by atoms with Gasteiger partial charge in [0.05, 0.1) is 17.3 Å². The third-order valence-electron chi connectivity index (χ3n) is 4.79. The molecule has 0 saturated heterocycles. The predicted molar refractivity (Wildman–Crippen MR) is 114 cm³/mol. The van der Waals surface area contributed by atoms with Crippen LogP contribution in [0.15, 0.2) is 38.6 Å². The summed E-state index contributed by atoms with van der Waals surface area (Å²) in [6.07, 6.45) is 1.39. The molecule has 1 aromatic carbocycles. The van der Waals surface area contributed by atoms with E-state index < -0.39 is 15.9 Å². The number of amides is 2. The van der Waals surface area contributed by atoms with Crippen LogP contribution in [0.25, 0.3) is 0 Å². The van der Waals surface area contributed by atoms with E-state index in [0.717, 1.165) is 14.8 Å². The minimum atomic E-state index is -3.77. The molecule has 29 heavy (non-hydrogen) atoms. The molecule has 2 amide bonds. The van der Waals surface area contributed by atoms with Crippen LogP contribution in [0.3, 0.4) is 0 Å². The van der Waals surface area contributed by atoms with Crippen molar-refractivity contribution in [3.05, 3.63) is 33.7 Å². The van der Waals surface area contributed by atoms with Gasteiger partial charge in [0.2, 0.25) is 21.8 Å². The molecular formula is C18H21ClN4O4S2. The Kier molecular flexibility index (Phi) is 6.09. The van der Waals surface area contributed by atoms with E-state index in [4.69, 9.17) is 11.6 Å². The second kappa shape index (κ2) is 8.10. The van der Waals surface area contributed by atoms with E-state index in [0.29, 0.717) is 0 Å². The molecule has 0 bridgehead atoms. The zero-order chi connectivity index (χ0) is 21.5. The molecule has 11 heteroatoms. The molecule has 0 fully saturated rings. The second-order valence-corrected chi connectivity index (χ2v) is 10.8. The van der Waals surface area contributed by atoms with Gasteiger partial charge in [0, 0.05) is 19.8 Å². The van der Waals surface area contributed by atoms with E-state index in [-0.39, 0.29) is 39.3 Å². The van der Waals surface area contributed by atoms with Crippen molar-refractivity contribution in [2.24, 2.45) is 10.9 Å². The second-order valence-electron chi connectivity index (χ2n) is 6.94. The van der Waals surface area contributed by atoms with Crippen LogP contribution in [0, 0.1) is 5.92 Å². The number of thioether (sulfide) groups is 1. The minimum Gasteiger partial charge on any atom is -0.324 e. The number of carbonyl (C=O) groups excluding carboxylic acids is 2. The fourth-order valence-electron chi connectivity index (χ4n) is 3.03. The summed E-state index contributed by atoms with van der Waals surface area (Å²) in [4.78, 5) is 31.9. The topological polar surface area (TPSA) is 99.2 Å². The Hall–Kier alpha value is -1.88. The Balaban J connectivity index is 1.74. The Morgan fingerprint density at radius 3 is 2.69 bits per heavy atom. The lowest BCUT2D eigenvalue weighted by Gasteiger charge is -2.28. The van der Waals surface area contributed by atoms with Crippen LogP contribution in [0.1, 0.15) is 13.8 Å². The molecule has 0 unspecified atom stereocenters. The van der Waals surface area contributed by atoms with Crippen LogP contribution < -0.4 is 5.32 Å². The van der Waals surface area contributed by atoms with Gasteiger partial charge in [0.25, 0.3) is 0 Å². The SMILES string of the molecule is CC1=C(C)[C@@H]2C(=O)N(CC(=O)Nc3ccc(Cl)c(S(=O)(=O)N(C)C)c3)C=N[C@H]2S1. The third kappa shape index (κ3) is 4.20. The summed E-state index contributed by atoms with van der Waals surface area (Å²) in [5.41, 5.74) is 1.24. The number of fused-ring (bicyclic) bond motifs is 1. The van der Waals surface area contributed by atoms with Gasteiger partial charge in [-0.1, -0.05) is 11.6 Å². The quantitative estimate of drug-likeness (QED) is 0.733. The molecule has 8 nitrogen and oxygen atoms in total. The van der Waals surface area contributed by atoms with Gasteiger partial charge >= 0.3 is 0 Å². The molecule has 3 rings (SSSR count). The lowest BCUT2D eigenvalue weighted by atomic mass is 9.98. The van der Waals surface area contributed by atoms with Gasteiger partial charge in [-0.25, -0.2) is 12.7 Å². The average molecular weight is 457 g/mol. The molecule has 1 aromatic rings. The summed E-state index contributed by atoms with van der Waals surface area (Å²) in [5.74, 6) is -0.998. The van der Waals surface area contributed by atoms with E-state index >= 15 is 0 Å². The number of benzene rings is 1. The number of allylic oxidation sites excluding steroid dienone is 1. The van der Waals surface area contributed by atoms with Crippen LogP contribution in [-0.2, 0) is 19.6 Å². The minimum absolute atomic E-state index is 0.0532. The molecule has 2 aliphatic heterocycles. The molecule has 2 atom stereocenters. The summed E-state index contributed by atoms with van der Waals surface area (Å²) in [6.45, 7) is 3.64. The van der Waals surface area contributed by atoms with Gasteiger partial charge in [-0.05, 0) is 42.5 Å². The lowest BCUT2D eigenvalue weighted by Crippen LogP contribution is -2.45. The highest BCUT2D eigenvalue weighted by Crippen LogP contribution is 2.44. The van der Waals surface area contributed by atoms with Gasteiger partial charge in [0.1, 0.15) is 16.8 Å². The monoisotopic (exact) mass is 456 g/mol. The number of carbonyl (C=O) groups is 2. The predicted octanol–water partition coefficient (Wildman–Crippen LogP) is 2.38. The van der Waals surface area contributed by atoms with Crippen molar-refractivity contribution in [3.8, 4) is 0 Å². The number of anilines is 1. The largest absolute Gasteiger partial charge is 0.324 e. The number of halogens is 1. The first kappa shape index (κ1) is 21.8. The van der Waals surface area contributed by atoms with Crippen molar-refractivity contribution in [1.29, 1.82) is 0 Å². The Bertz CT molecular complexity index is 1040. The molecular weight excluding hydrogens is 436 g/mol. The standard InChI is InChI=1S/C18H21ClN4O4S2/c1-10-11(2)28-17-16(10)18(25)23(9-20-17)8-15(24)21-12-5-6-13(19)14(7-12)29(26,27)22(3)4/h5-7,9,16-17H,8H2,1-4H3,(H,21,24)/t16-,17-/m0/s1. The van der Waals surface area contributed by atoms with Gasteiger partial charge in [-0.3, -0.25) is 19.5 Å². The first-order chi connectivity index (χ1) is 13.5. The van der Waals surface area contributed by atoms with Crippen molar-refractivity contribution < 1.29 is 18.0 Å². The van der Waals surface area contributed by atoms with E-state index in [2.05, 4.69) is 10.3 Å². The highest BCUT2D eigenvalue weighted by molar-refractivity contribution is 8.04. The first-order valence-corrected chi connectivity index (χ1v) is 11.4. The van der Waals surface area contributed by atoms with E-state index in [1.807, 2.05) is 13.8 Å². The molecule has 1 N–H and O–H groups in total. The summed E-state index contributed by atoms with van der Waals surface area (Å²) in [7, 11) is -0.979. The smallest absolute Gasteiger partial charge is 0.244 e. The molecule has 0 aromatic heterocycles.